The molecule has 6 nitrogen and oxygen atoms in total. The molecule has 0 aliphatic rings. The van der Waals surface area contributed by atoms with Crippen LogP contribution in [0.2, 0.25) is 5.02 Å². The second kappa shape index (κ2) is 6.43. The van der Waals surface area contributed by atoms with Gasteiger partial charge in [0.25, 0.3) is 5.69 Å². The van der Waals surface area contributed by atoms with Crippen molar-refractivity contribution in [3.05, 3.63) is 69.2 Å². The maximum Gasteiger partial charge on any atom is 0.269 e. The fourth-order valence-corrected chi connectivity index (χ4v) is 3.14. The van der Waals surface area contributed by atoms with Gasteiger partial charge < -0.3 is 0 Å². The highest BCUT2D eigenvalue weighted by molar-refractivity contribution is 7.89. The van der Waals surface area contributed by atoms with Crippen molar-refractivity contribution in [2.75, 3.05) is 7.05 Å². The van der Waals surface area contributed by atoms with Crippen LogP contribution in [0.15, 0.2) is 53.4 Å². The van der Waals surface area contributed by atoms with Crippen LogP contribution in [0.25, 0.3) is 0 Å². The first-order chi connectivity index (χ1) is 10.3. The van der Waals surface area contributed by atoms with E-state index >= 15 is 0 Å². The topological polar surface area (TPSA) is 80.5 Å². The molecule has 0 saturated heterocycles. The molecule has 2 aromatic carbocycles. The van der Waals surface area contributed by atoms with Crippen molar-refractivity contribution in [1.29, 1.82) is 0 Å². The van der Waals surface area contributed by atoms with E-state index in [0.717, 1.165) is 5.56 Å². The van der Waals surface area contributed by atoms with Crippen molar-refractivity contribution in [2.24, 2.45) is 0 Å². The summed E-state index contributed by atoms with van der Waals surface area (Å²) in [5.41, 5.74) is 0.636. The number of nitrogens with zero attached hydrogens (tertiary/aromatic N) is 2. The summed E-state index contributed by atoms with van der Waals surface area (Å²) in [4.78, 5) is 10.0. The van der Waals surface area contributed by atoms with Crippen molar-refractivity contribution in [2.45, 2.75) is 11.4 Å². The van der Waals surface area contributed by atoms with Crippen LogP contribution in [0.5, 0.6) is 0 Å². The van der Waals surface area contributed by atoms with Crippen molar-refractivity contribution in [3.8, 4) is 0 Å². The third-order valence-corrected chi connectivity index (χ3v) is 5.14. The minimum atomic E-state index is -3.71. The van der Waals surface area contributed by atoms with E-state index < -0.39 is 14.9 Å². The Morgan fingerprint density at radius 3 is 2.14 bits per heavy atom. The summed E-state index contributed by atoms with van der Waals surface area (Å²) in [5.74, 6) is 0. The van der Waals surface area contributed by atoms with Gasteiger partial charge in [0, 0.05) is 30.7 Å². The lowest BCUT2D eigenvalue weighted by Crippen LogP contribution is -2.26. The number of benzene rings is 2. The van der Waals surface area contributed by atoms with Crippen LogP contribution in [0.4, 0.5) is 5.69 Å². The molecule has 0 bridgehead atoms. The van der Waals surface area contributed by atoms with Crippen molar-refractivity contribution in [3.63, 3.8) is 0 Å². The van der Waals surface area contributed by atoms with Gasteiger partial charge in [-0.15, -0.1) is 0 Å². The van der Waals surface area contributed by atoms with Gasteiger partial charge in [-0.05, 0) is 29.8 Å². The Balaban J connectivity index is 2.21. The molecule has 0 unspecified atom stereocenters. The first kappa shape index (κ1) is 16.4. The van der Waals surface area contributed by atoms with Crippen LogP contribution in [0.1, 0.15) is 5.56 Å². The summed E-state index contributed by atoms with van der Waals surface area (Å²) in [6.45, 7) is 0.177. The zero-order chi connectivity index (χ0) is 16.3. The largest absolute Gasteiger partial charge is 0.269 e. The van der Waals surface area contributed by atoms with Crippen molar-refractivity contribution < 1.29 is 13.3 Å². The van der Waals surface area contributed by atoms with E-state index in [1.165, 1.54) is 35.6 Å². The minimum absolute atomic E-state index is 0.00886. The lowest BCUT2D eigenvalue weighted by molar-refractivity contribution is -0.384. The first-order valence-corrected chi connectivity index (χ1v) is 8.08. The second-order valence-corrected chi connectivity index (χ2v) is 7.12. The number of sulfonamides is 1. The van der Waals surface area contributed by atoms with Crippen LogP contribution < -0.4 is 0 Å². The molecule has 116 valence electrons. The summed E-state index contributed by atoms with van der Waals surface area (Å²) in [6.07, 6.45) is 0. The van der Waals surface area contributed by atoms with E-state index in [9.17, 15) is 18.5 Å². The molecule has 0 heterocycles. The molecule has 0 N–H and O–H groups in total. The number of halogens is 1. The SMILES string of the molecule is CN(Cc1ccc(Cl)cc1)S(=O)(=O)c1ccc([N+](=O)[O-])cc1. The standard InChI is InChI=1S/C14H13ClN2O4S/c1-16(10-11-2-4-12(15)5-3-11)22(20,21)14-8-6-13(7-9-14)17(18)19/h2-9H,10H2,1H3. The molecule has 2 aromatic rings. The van der Waals surface area contributed by atoms with Gasteiger partial charge in [-0.1, -0.05) is 23.7 Å². The molecule has 0 aromatic heterocycles. The summed E-state index contributed by atoms with van der Waals surface area (Å²) in [5, 5.41) is 11.2. The molecule has 0 atom stereocenters. The quantitative estimate of drug-likeness (QED) is 0.618. The van der Waals surface area contributed by atoms with E-state index in [1.807, 2.05) is 0 Å². The zero-order valence-electron chi connectivity index (χ0n) is 11.6. The maximum atomic E-state index is 12.4. The fraction of sp³-hybridized carbons (Fsp3) is 0.143. The number of rotatable bonds is 5. The molecular weight excluding hydrogens is 328 g/mol. The van der Waals surface area contributed by atoms with Crippen molar-refractivity contribution >= 4 is 27.3 Å². The predicted molar refractivity (Wildman–Crippen MR) is 83.2 cm³/mol. The molecular formula is C14H13ClN2O4S. The summed E-state index contributed by atoms with van der Waals surface area (Å²) >= 11 is 5.79. The number of nitro groups is 1. The van der Waals surface area contributed by atoms with Gasteiger partial charge in [0.1, 0.15) is 0 Å². The third kappa shape index (κ3) is 3.62. The average Bonchev–Trinajstić information content (AvgIpc) is 2.49. The van der Waals surface area contributed by atoms with Crippen LogP contribution in [0, 0.1) is 10.1 Å². The molecule has 0 radical (unpaired) electrons. The van der Waals surface area contributed by atoms with Gasteiger partial charge in [-0.25, -0.2) is 8.42 Å². The highest BCUT2D eigenvalue weighted by Crippen LogP contribution is 2.20. The number of non-ortho nitro benzene ring substituents is 1. The summed E-state index contributed by atoms with van der Waals surface area (Å²) < 4.78 is 26.0. The molecule has 0 aliphatic carbocycles. The van der Waals surface area contributed by atoms with Crippen LogP contribution in [0.3, 0.4) is 0 Å². The second-order valence-electron chi connectivity index (χ2n) is 4.64. The third-order valence-electron chi connectivity index (χ3n) is 3.07. The lowest BCUT2D eigenvalue weighted by Gasteiger charge is -2.17. The molecule has 0 fully saturated rings. The molecule has 22 heavy (non-hydrogen) atoms. The Labute approximate surface area is 133 Å². The van der Waals surface area contributed by atoms with Crippen LogP contribution in [-0.2, 0) is 16.6 Å². The first-order valence-electron chi connectivity index (χ1n) is 6.26. The van der Waals surface area contributed by atoms with Crippen molar-refractivity contribution in [1.82, 2.24) is 4.31 Å². The van der Waals surface area contributed by atoms with E-state index in [1.54, 1.807) is 24.3 Å². The normalized spacial score (nSPS) is 11.6. The van der Waals surface area contributed by atoms with Gasteiger partial charge in [0.2, 0.25) is 10.0 Å². The predicted octanol–water partition coefficient (Wildman–Crippen LogP) is 3.07. The Morgan fingerprint density at radius 1 is 1.09 bits per heavy atom. The molecule has 0 amide bonds. The minimum Gasteiger partial charge on any atom is -0.258 e. The van der Waals surface area contributed by atoms with Gasteiger partial charge in [0.15, 0.2) is 0 Å². The monoisotopic (exact) mass is 340 g/mol. The van der Waals surface area contributed by atoms with Gasteiger partial charge in [-0.3, -0.25) is 10.1 Å². The average molecular weight is 341 g/mol. The fourth-order valence-electron chi connectivity index (χ4n) is 1.85. The number of hydrogen-bond donors (Lipinski definition) is 0. The maximum absolute atomic E-state index is 12.4. The van der Waals surface area contributed by atoms with Gasteiger partial charge in [0.05, 0.1) is 9.82 Å². The highest BCUT2D eigenvalue weighted by Gasteiger charge is 2.21. The Morgan fingerprint density at radius 2 is 1.64 bits per heavy atom. The Hall–Kier alpha value is -1.96. The van der Waals surface area contributed by atoms with Gasteiger partial charge in [-0.2, -0.15) is 4.31 Å². The molecule has 8 heteroatoms. The Bertz CT molecular complexity index is 773. The molecule has 0 aliphatic heterocycles. The smallest absolute Gasteiger partial charge is 0.258 e. The summed E-state index contributed by atoms with van der Waals surface area (Å²) in [7, 11) is -2.26. The van der Waals surface area contributed by atoms with E-state index in [4.69, 9.17) is 11.6 Å². The van der Waals surface area contributed by atoms with E-state index in [-0.39, 0.29) is 17.1 Å². The number of hydrogen-bond acceptors (Lipinski definition) is 4. The van der Waals surface area contributed by atoms with Crippen LogP contribution in [-0.4, -0.2) is 24.7 Å². The molecule has 2 rings (SSSR count). The Kier molecular flexibility index (Phi) is 4.80. The van der Waals surface area contributed by atoms with E-state index in [0.29, 0.717) is 5.02 Å². The van der Waals surface area contributed by atoms with Crippen LogP contribution >= 0.6 is 11.6 Å². The summed E-state index contributed by atoms with van der Waals surface area (Å²) in [6, 6.07) is 11.6. The molecule has 0 saturated carbocycles. The number of nitro benzene ring substituents is 1. The highest BCUT2D eigenvalue weighted by atomic mass is 35.5. The van der Waals surface area contributed by atoms with E-state index in [2.05, 4.69) is 0 Å². The van der Waals surface area contributed by atoms with Gasteiger partial charge >= 0.3 is 0 Å². The lowest BCUT2D eigenvalue weighted by atomic mass is 10.2. The molecule has 0 spiro atoms. The zero-order valence-corrected chi connectivity index (χ0v) is 13.2.